The van der Waals surface area contributed by atoms with Gasteiger partial charge in [-0.1, -0.05) is 12.1 Å². The molecule has 84 valence electrons. The van der Waals surface area contributed by atoms with Crippen LogP contribution in [0.3, 0.4) is 0 Å². The van der Waals surface area contributed by atoms with Crippen molar-refractivity contribution in [3.05, 3.63) is 29.8 Å². The molecule has 0 bridgehead atoms. The summed E-state index contributed by atoms with van der Waals surface area (Å²) in [4.78, 5) is 0. The highest BCUT2D eigenvalue weighted by molar-refractivity contribution is 5.28. The fourth-order valence-electron chi connectivity index (χ4n) is 1.80. The average molecular weight is 216 g/mol. The molecule has 2 nitrogen and oxygen atoms in total. The van der Waals surface area contributed by atoms with Gasteiger partial charge in [0.05, 0.1) is 19.8 Å². The van der Waals surface area contributed by atoms with Crippen LogP contribution in [0, 0.1) is 11.8 Å². The highest BCUT2D eigenvalue weighted by atomic mass is 16.5. The van der Waals surface area contributed by atoms with Gasteiger partial charge in [0, 0.05) is 12.8 Å². The SMILES string of the molecule is COc1ccc(C2CCC#CCCO2)cc1. The van der Waals surface area contributed by atoms with E-state index in [0.717, 1.165) is 31.6 Å². The zero-order chi connectivity index (χ0) is 11.2. The normalized spacial score (nSPS) is 20.2. The maximum atomic E-state index is 5.80. The largest absolute Gasteiger partial charge is 0.497 e. The molecule has 0 radical (unpaired) electrons. The summed E-state index contributed by atoms with van der Waals surface area (Å²) in [5, 5.41) is 0. The van der Waals surface area contributed by atoms with Crippen LogP contribution in [0.15, 0.2) is 24.3 Å². The fraction of sp³-hybridized carbons (Fsp3) is 0.429. The van der Waals surface area contributed by atoms with Gasteiger partial charge in [-0.3, -0.25) is 0 Å². The van der Waals surface area contributed by atoms with Crippen LogP contribution in [0.2, 0.25) is 0 Å². The van der Waals surface area contributed by atoms with Crippen molar-refractivity contribution < 1.29 is 9.47 Å². The van der Waals surface area contributed by atoms with Crippen molar-refractivity contribution in [1.29, 1.82) is 0 Å². The molecule has 1 unspecified atom stereocenters. The number of methoxy groups -OCH3 is 1. The van der Waals surface area contributed by atoms with Crippen LogP contribution in [-0.4, -0.2) is 13.7 Å². The summed E-state index contributed by atoms with van der Waals surface area (Å²) in [5.74, 6) is 7.12. The maximum Gasteiger partial charge on any atom is 0.118 e. The van der Waals surface area contributed by atoms with Crippen LogP contribution in [0.4, 0.5) is 0 Å². The lowest BCUT2D eigenvalue weighted by molar-refractivity contribution is 0.0504. The van der Waals surface area contributed by atoms with E-state index in [1.54, 1.807) is 7.11 Å². The Morgan fingerprint density at radius 3 is 2.69 bits per heavy atom. The first-order valence-electron chi connectivity index (χ1n) is 5.61. The van der Waals surface area contributed by atoms with E-state index < -0.39 is 0 Å². The molecule has 0 aromatic heterocycles. The van der Waals surface area contributed by atoms with Gasteiger partial charge in [0.2, 0.25) is 0 Å². The van der Waals surface area contributed by atoms with E-state index in [9.17, 15) is 0 Å². The summed E-state index contributed by atoms with van der Waals surface area (Å²) in [6, 6.07) is 8.09. The number of hydrogen-bond acceptors (Lipinski definition) is 2. The van der Waals surface area contributed by atoms with E-state index >= 15 is 0 Å². The third-order valence-electron chi connectivity index (χ3n) is 2.69. The van der Waals surface area contributed by atoms with Crippen molar-refractivity contribution in [2.45, 2.75) is 25.4 Å². The van der Waals surface area contributed by atoms with Gasteiger partial charge in [-0.05, 0) is 24.1 Å². The van der Waals surface area contributed by atoms with Gasteiger partial charge in [-0.25, -0.2) is 0 Å². The van der Waals surface area contributed by atoms with Crippen molar-refractivity contribution in [2.24, 2.45) is 0 Å². The van der Waals surface area contributed by atoms with Gasteiger partial charge in [0.25, 0.3) is 0 Å². The van der Waals surface area contributed by atoms with Crippen LogP contribution in [0.25, 0.3) is 0 Å². The third kappa shape index (κ3) is 2.77. The van der Waals surface area contributed by atoms with Crippen LogP contribution < -0.4 is 4.74 Å². The minimum absolute atomic E-state index is 0.181. The second kappa shape index (κ2) is 5.58. The average Bonchev–Trinajstić information content (AvgIpc) is 2.29. The Hall–Kier alpha value is -1.46. The number of rotatable bonds is 2. The smallest absolute Gasteiger partial charge is 0.118 e. The van der Waals surface area contributed by atoms with Crippen molar-refractivity contribution in [1.82, 2.24) is 0 Å². The number of benzene rings is 1. The fourth-order valence-corrected chi connectivity index (χ4v) is 1.80. The Balaban J connectivity index is 2.07. The van der Waals surface area contributed by atoms with Crippen LogP contribution in [-0.2, 0) is 4.74 Å². The maximum absolute atomic E-state index is 5.80. The van der Waals surface area contributed by atoms with E-state index in [0.29, 0.717) is 0 Å². The van der Waals surface area contributed by atoms with Crippen LogP contribution >= 0.6 is 0 Å². The minimum Gasteiger partial charge on any atom is -0.497 e. The van der Waals surface area contributed by atoms with E-state index in [4.69, 9.17) is 9.47 Å². The Kier molecular flexibility index (Phi) is 3.85. The first kappa shape index (κ1) is 11.0. The number of hydrogen-bond donors (Lipinski definition) is 0. The van der Waals surface area contributed by atoms with E-state index in [1.807, 2.05) is 12.1 Å². The summed E-state index contributed by atoms with van der Waals surface area (Å²) in [6.07, 6.45) is 2.91. The molecule has 0 aliphatic carbocycles. The third-order valence-corrected chi connectivity index (χ3v) is 2.69. The predicted molar refractivity (Wildman–Crippen MR) is 63.3 cm³/mol. The molecule has 1 aliphatic rings. The van der Waals surface area contributed by atoms with Crippen molar-refractivity contribution in [3.63, 3.8) is 0 Å². The Morgan fingerprint density at radius 2 is 1.94 bits per heavy atom. The molecule has 16 heavy (non-hydrogen) atoms. The second-order valence-electron chi connectivity index (χ2n) is 3.77. The molecule has 2 rings (SSSR count). The van der Waals surface area contributed by atoms with Crippen molar-refractivity contribution in [3.8, 4) is 17.6 Å². The van der Waals surface area contributed by atoms with Gasteiger partial charge in [-0.15, -0.1) is 11.8 Å². The van der Waals surface area contributed by atoms with Gasteiger partial charge in [0.1, 0.15) is 5.75 Å². The van der Waals surface area contributed by atoms with E-state index in [2.05, 4.69) is 24.0 Å². The Bertz CT molecular complexity index is 383. The van der Waals surface area contributed by atoms with E-state index in [1.165, 1.54) is 5.56 Å². The predicted octanol–water partition coefficient (Wildman–Crippen LogP) is 2.94. The summed E-state index contributed by atoms with van der Waals surface area (Å²) < 4.78 is 10.9. The topological polar surface area (TPSA) is 18.5 Å². The molecule has 1 aromatic carbocycles. The summed E-state index contributed by atoms with van der Waals surface area (Å²) >= 11 is 0. The van der Waals surface area contributed by atoms with Crippen LogP contribution in [0.1, 0.15) is 30.9 Å². The lowest BCUT2D eigenvalue weighted by atomic mass is 10.0. The first-order valence-corrected chi connectivity index (χ1v) is 5.61. The quantitative estimate of drug-likeness (QED) is 0.708. The molecule has 0 amide bonds. The molecule has 2 heteroatoms. The zero-order valence-corrected chi connectivity index (χ0v) is 9.53. The number of ether oxygens (including phenoxy) is 2. The molecule has 1 aromatic rings. The molecule has 0 saturated carbocycles. The first-order chi connectivity index (χ1) is 7.90. The molecule has 1 atom stereocenters. The van der Waals surface area contributed by atoms with Crippen LogP contribution in [0.5, 0.6) is 5.75 Å². The highest BCUT2D eigenvalue weighted by Crippen LogP contribution is 2.25. The van der Waals surface area contributed by atoms with Gasteiger partial charge in [0.15, 0.2) is 0 Å². The molecule has 0 spiro atoms. The molecule has 0 N–H and O–H groups in total. The van der Waals surface area contributed by atoms with Gasteiger partial charge < -0.3 is 9.47 Å². The molecular formula is C14H16O2. The summed E-state index contributed by atoms with van der Waals surface area (Å²) in [7, 11) is 1.68. The van der Waals surface area contributed by atoms with E-state index in [-0.39, 0.29) is 6.10 Å². The van der Waals surface area contributed by atoms with Crippen molar-refractivity contribution >= 4 is 0 Å². The lowest BCUT2D eigenvalue weighted by Crippen LogP contribution is -2.06. The molecular weight excluding hydrogens is 200 g/mol. The van der Waals surface area contributed by atoms with Gasteiger partial charge >= 0.3 is 0 Å². The standard InChI is InChI=1S/C14H16O2/c1-15-13-9-7-12(8-10-13)14-6-4-2-3-5-11-16-14/h7-10,14H,4-6,11H2,1H3. The second-order valence-corrected chi connectivity index (χ2v) is 3.77. The molecule has 0 saturated heterocycles. The molecule has 1 aliphatic heterocycles. The van der Waals surface area contributed by atoms with Gasteiger partial charge in [-0.2, -0.15) is 0 Å². The summed E-state index contributed by atoms with van der Waals surface area (Å²) in [5.41, 5.74) is 1.21. The Morgan fingerprint density at radius 1 is 1.19 bits per heavy atom. The highest BCUT2D eigenvalue weighted by Gasteiger charge is 2.12. The minimum atomic E-state index is 0.181. The zero-order valence-electron chi connectivity index (χ0n) is 9.53. The Labute approximate surface area is 96.6 Å². The van der Waals surface area contributed by atoms with Crippen molar-refractivity contribution in [2.75, 3.05) is 13.7 Å². The molecule has 1 heterocycles. The monoisotopic (exact) mass is 216 g/mol. The summed E-state index contributed by atoms with van der Waals surface area (Å²) in [6.45, 7) is 0.726. The molecule has 0 fully saturated rings. The lowest BCUT2D eigenvalue weighted by Gasteiger charge is -2.18.